The van der Waals surface area contributed by atoms with Crippen LogP contribution in [-0.2, 0) is 62.3 Å². The number of carbonyl (C=O) groups excluding carboxylic acids is 11. The molecule has 14 N–H and O–H groups in total. The van der Waals surface area contributed by atoms with Gasteiger partial charge in [-0.2, -0.15) is 0 Å². The predicted molar refractivity (Wildman–Crippen MR) is 228 cm³/mol. The van der Waals surface area contributed by atoms with Crippen LogP contribution in [0.4, 0.5) is 0 Å². The van der Waals surface area contributed by atoms with Gasteiger partial charge in [0.25, 0.3) is 0 Å². The van der Waals surface area contributed by atoms with E-state index in [1.54, 1.807) is 13.8 Å². The molecule has 0 saturated carbocycles. The number of nitrogens with one attached hydrogen (secondary N) is 7. The Balaban J connectivity index is 2.06. The number of carbonyl (C=O) groups is 13. The van der Waals surface area contributed by atoms with Crippen molar-refractivity contribution in [3.05, 3.63) is 0 Å². The average Bonchev–Trinajstić information content (AvgIpc) is 3.95. The molecule has 0 aromatic carbocycles. The molecule has 0 aliphatic carbocycles. The molecule has 0 radical (unpaired) electrons. The molecule has 0 bridgehead atoms. The van der Waals surface area contributed by atoms with Gasteiger partial charge in [-0.25, -0.2) is 4.79 Å². The molecule has 27 nitrogen and oxygen atoms in total. The maximum atomic E-state index is 14.0. The van der Waals surface area contributed by atoms with Crippen LogP contribution in [0.5, 0.6) is 0 Å². The smallest absolute Gasteiger partial charge is 0.326 e. The van der Waals surface area contributed by atoms with Gasteiger partial charge in [-0.1, -0.05) is 25.6 Å². The SMILES string of the molecule is CC(=O)SC[C@H](N)C(=O)NCC(=O)NCC(=O)NCC(=O)N[C@@H](CC(=O)O)C(=O)N[C@@H](CO)C(=O)N[C@@H](CCC(N)=O)C(=O)N1CCC[C@H]1C(=O)N1CCC[C@H]1C(=O)N[C@H](C(=O)O)C(C)C. The fourth-order valence-electron chi connectivity index (χ4n) is 6.72. The van der Waals surface area contributed by atoms with E-state index in [0.717, 1.165) is 16.7 Å². The number of aliphatic hydroxyl groups is 1. The Hall–Kier alpha value is -6.42. The van der Waals surface area contributed by atoms with Crippen LogP contribution in [0.25, 0.3) is 0 Å². The van der Waals surface area contributed by atoms with E-state index in [1.807, 2.05) is 0 Å². The lowest BCUT2D eigenvalue weighted by atomic mass is 10.0. The van der Waals surface area contributed by atoms with Crippen molar-refractivity contribution in [3.8, 4) is 0 Å². The molecular weight excluding hydrogens is 899 g/mol. The van der Waals surface area contributed by atoms with Gasteiger partial charge in [0.1, 0.15) is 36.3 Å². The summed E-state index contributed by atoms with van der Waals surface area (Å²) in [5.74, 6) is -12.4. The Morgan fingerprint density at radius 3 is 1.79 bits per heavy atom. The summed E-state index contributed by atoms with van der Waals surface area (Å²) in [4.78, 5) is 165. The van der Waals surface area contributed by atoms with Gasteiger partial charge in [-0.3, -0.25) is 57.5 Å². The molecule has 0 unspecified atom stereocenters. The lowest BCUT2D eigenvalue weighted by molar-refractivity contribution is -0.149. The summed E-state index contributed by atoms with van der Waals surface area (Å²) in [7, 11) is 0. The third kappa shape index (κ3) is 18.2. The number of carboxylic acid groups (broad SMARTS) is 2. The van der Waals surface area contributed by atoms with Crippen molar-refractivity contribution in [1.82, 2.24) is 47.0 Å². The van der Waals surface area contributed by atoms with E-state index in [2.05, 4.69) is 37.2 Å². The Kier molecular flexibility index (Phi) is 22.9. The molecule has 368 valence electrons. The van der Waals surface area contributed by atoms with Gasteiger partial charge in [-0.05, 0) is 38.0 Å². The largest absolute Gasteiger partial charge is 0.481 e. The van der Waals surface area contributed by atoms with Crippen molar-refractivity contribution in [3.63, 3.8) is 0 Å². The zero-order valence-corrected chi connectivity index (χ0v) is 37.4. The van der Waals surface area contributed by atoms with Gasteiger partial charge in [0.15, 0.2) is 5.12 Å². The number of aliphatic hydroxyl groups excluding tert-OH is 1. The van der Waals surface area contributed by atoms with Crippen molar-refractivity contribution in [2.75, 3.05) is 45.1 Å². The number of nitrogens with zero attached hydrogens (tertiary/aromatic N) is 2. The Morgan fingerprint density at radius 1 is 0.697 bits per heavy atom. The van der Waals surface area contributed by atoms with Gasteiger partial charge in [0, 0.05) is 32.2 Å². The number of amides is 10. The highest BCUT2D eigenvalue weighted by atomic mass is 32.2. The van der Waals surface area contributed by atoms with Gasteiger partial charge in [0.05, 0.1) is 38.7 Å². The van der Waals surface area contributed by atoms with Crippen LogP contribution in [0.2, 0.25) is 0 Å². The van der Waals surface area contributed by atoms with E-state index in [9.17, 15) is 77.6 Å². The minimum atomic E-state index is -1.89. The van der Waals surface area contributed by atoms with Crippen LogP contribution in [0.1, 0.15) is 65.7 Å². The molecule has 7 atom stereocenters. The van der Waals surface area contributed by atoms with Gasteiger partial charge >= 0.3 is 11.9 Å². The summed E-state index contributed by atoms with van der Waals surface area (Å²) in [6, 6.07) is -9.77. The first-order valence-corrected chi connectivity index (χ1v) is 21.8. The van der Waals surface area contributed by atoms with Crippen LogP contribution in [0.3, 0.4) is 0 Å². The summed E-state index contributed by atoms with van der Waals surface area (Å²) in [6.45, 7) is 1.44. The number of hydrogen-bond acceptors (Lipinski definition) is 16. The number of thioether (sulfide) groups is 1. The van der Waals surface area contributed by atoms with E-state index >= 15 is 0 Å². The van der Waals surface area contributed by atoms with Crippen LogP contribution < -0.4 is 48.7 Å². The lowest BCUT2D eigenvalue weighted by Crippen LogP contribution is -2.60. The Morgan fingerprint density at radius 2 is 1.24 bits per heavy atom. The number of likely N-dealkylation sites (tertiary alicyclic amines) is 2. The molecular formula is C38H59N11O16S. The molecule has 28 heteroatoms. The van der Waals surface area contributed by atoms with Gasteiger partial charge in [0.2, 0.25) is 59.1 Å². The van der Waals surface area contributed by atoms with Crippen LogP contribution in [-0.4, -0.2) is 189 Å². The quantitative estimate of drug-likeness (QED) is 0.0383. The average molecular weight is 958 g/mol. The topological polar surface area (TPSA) is 425 Å². The van der Waals surface area contributed by atoms with Crippen molar-refractivity contribution in [2.45, 2.75) is 108 Å². The second-order valence-electron chi connectivity index (χ2n) is 15.7. The molecule has 2 aliphatic rings. The second-order valence-corrected chi connectivity index (χ2v) is 16.9. The van der Waals surface area contributed by atoms with Crippen LogP contribution >= 0.6 is 11.8 Å². The van der Waals surface area contributed by atoms with E-state index < -0.39 is 165 Å². The van der Waals surface area contributed by atoms with Crippen molar-refractivity contribution >= 4 is 87.9 Å². The fourth-order valence-corrected chi connectivity index (χ4v) is 7.29. The lowest BCUT2D eigenvalue weighted by Gasteiger charge is -2.33. The Bertz CT molecular complexity index is 1870. The summed E-state index contributed by atoms with van der Waals surface area (Å²) in [5.41, 5.74) is 10.9. The molecule has 2 fully saturated rings. The fraction of sp³-hybridized carbons (Fsp3) is 0.658. The number of nitrogens with two attached hydrogens (primary N) is 2. The van der Waals surface area contributed by atoms with Crippen molar-refractivity contribution in [2.24, 2.45) is 17.4 Å². The molecule has 2 rings (SSSR count). The summed E-state index contributed by atoms with van der Waals surface area (Å²) in [5, 5.41) is 44.2. The summed E-state index contributed by atoms with van der Waals surface area (Å²) < 4.78 is 0. The molecule has 66 heavy (non-hydrogen) atoms. The number of aliphatic carboxylic acids is 2. The first kappa shape index (κ1) is 55.7. The molecule has 0 spiro atoms. The van der Waals surface area contributed by atoms with Gasteiger partial charge in [-0.15, -0.1) is 0 Å². The predicted octanol–water partition coefficient (Wildman–Crippen LogP) is -6.66. The zero-order chi connectivity index (χ0) is 49.8. The van der Waals surface area contributed by atoms with Gasteiger partial charge < -0.3 is 73.8 Å². The monoisotopic (exact) mass is 957 g/mol. The summed E-state index contributed by atoms with van der Waals surface area (Å²) in [6.07, 6.45) is -0.764. The molecule has 2 saturated heterocycles. The normalized spacial score (nSPS) is 17.8. The van der Waals surface area contributed by atoms with E-state index in [4.69, 9.17) is 11.5 Å². The van der Waals surface area contributed by atoms with Crippen LogP contribution in [0.15, 0.2) is 0 Å². The molecule has 0 aromatic heterocycles. The first-order valence-electron chi connectivity index (χ1n) is 20.8. The third-order valence-electron chi connectivity index (χ3n) is 10.1. The minimum absolute atomic E-state index is 0.0164. The highest BCUT2D eigenvalue weighted by molar-refractivity contribution is 8.13. The van der Waals surface area contributed by atoms with E-state index in [0.29, 0.717) is 12.8 Å². The van der Waals surface area contributed by atoms with E-state index in [1.165, 1.54) is 11.8 Å². The van der Waals surface area contributed by atoms with Crippen molar-refractivity contribution in [1.29, 1.82) is 0 Å². The van der Waals surface area contributed by atoms with Crippen LogP contribution in [0, 0.1) is 5.92 Å². The van der Waals surface area contributed by atoms with Crippen molar-refractivity contribution < 1.29 is 77.6 Å². The second kappa shape index (κ2) is 27.1. The standard InChI is InChI=1S/C38H59N11O16S/c1-18(2)31(38(64)65)47-35(61)24-6-4-10-48(24)37(63)25-7-5-11-49(25)36(62)21(8-9-26(40)52)45-34(60)23(16-50)46-33(59)22(12-30(56)57)44-29(55)15-42-27(53)13-41-28(54)14-43-32(58)20(39)17-66-19(3)51/h18,20-25,31,50H,4-17,39H2,1-3H3,(H2,40,52)(H,41,54)(H,42,53)(H,43,58)(H,44,55)(H,45,60)(H,46,59)(H,47,61)(H,56,57)(H,64,65)/t20-,21-,22-,23-,24-,25-,31-/m0/s1. The number of primary amides is 1. The highest BCUT2D eigenvalue weighted by Crippen LogP contribution is 2.26. The minimum Gasteiger partial charge on any atom is -0.481 e. The molecule has 0 aromatic rings. The zero-order valence-electron chi connectivity index (χ0n) is 36.6. The maximum Gasteiger partial charge on any atom is 0.326 e. The molecule has 2 aliphatic heterocycles. The molecule has 10 amide bonds. The highest BCUT2D eigenvalue weighted by Gasteiger charge is 2.44. The van der Waals surface area contributed by atoms with E-state index in [-0.39, 0.29) is 36.8 Å². The number of rotatable bonds is 26. The molecule has 2 heterocycles. The number of carboxylic acids is 2. The Labute approximate surface area is 382 Å². The third-order valence-corrected chi connectivity index (χ3v) is 11.1. The first-order chi connectivity index (χ1) is 31.0. The maximum absolute atomic E-state index is 14.0. The summed E-state index contributed by atoms with van der Waals surface area (Å²) >= 11 is 0.813. The number of hydrogen-bond donors (Lipinski definition) is 12.